The lowest BCUT2D eigenvalue weighted by atomic mass is 9.87. The molecule has 2 aliphatic rings. The van der Waals surface area contributed by atoms with E-state index in [-0.39, 0.29) is 17.4 Å². The monoisotopic (exact) mass is 366 g/mol. The van der Waals surface area contributed by atoms with Gasteiger partial charge >= 0.3 is 0 Å². The summed E-state index contributed by atoms with van der Waals surface area (Å²) in [6, 6.07) is 7.08. The van der Waals surface area contributed by atoms with Crippen LogP contribution < -0.4 is 5.56 Å². The maximum atomic E-state index is 12.7. The van der Waals surface area contributed by atoms with Crippen LogP contribution in [0.1, 0.15) is 56.7 Å². The first-order chi connectivity index (χ1) is 13.2. The molecule has 142 valence electrons. The fraction of sp³-hybridized carbons (Fsp3) is 0.524. The van der Waals surface area contributed by atoms with Crippen LogP contribution >= 0.6 is 0 Å². The summed E-state index contributed by atoms with van der Waals surface area (Å²) in [5, 5.41) is 0. The summed E-state index contributed by atoms with van der Waals surface area (Å²) in [6.45, 7) is 1.50. The quantitative estimate of drug-likeness (QED) is 0.905. The van der Waals surface area contributed by atoms with Crippen LogP contribution in [-0.4, -0.2) is 38.8 Å². The van der Waals surface area contributed by atoms with E-state index in [9.17, 15) is 9.59 Å². The van der Waals surface area contributed by atoms with Gasteiger partial charge in [-0.15, -0.1) is 0 Å². The van der Waals surface area contributed by atoms with E-state index in [4.69, 9.17) is 0 Å². The third-order valence-corrected chi connectivity index (χ3v) is 5.84. The smallest absolute Gasteiger partial charge is 0.251 e. The van der Waals surface area contributed by atoms with Gasteiger partial charge in [-0.2, -0.15) is 0 Å². The van der Waals surface area contributed by atoms with Gasteiger partial charge in [0.25, 0.3) is 5.56 Å². The van der Waals surface area contributed by atoms with E-state index in [1.165, 1.54) is 25.3 Å². The molecule has 2 aromatic heterocycles. The number of pyridine rings is 1. The number of H-pyrrole nitrogens is 1. The predicted octanol–water partition coefficient (Wildman–Crippen LogP) is 3.12. The van der Waals surface area contributed by atoms with Crippen molar-refractivity contribution in [3.63, 3.8) is 0 Å². The van der Waals surface area contributed by atoms with Gasteiger partial charge in [0.1, 0.15) is 5.82 Å². The lowest BCUT2D eigenvalue weighted by Crippen LogP contribution is -2.42. The first-order valence-electron chi connectivity index (χ1n) is 10.0. The molecule has 0 unspecified atom stereocenters. The summed E-state index contributed by atoms with van der Waals surface area (Å²) in [5.41, 5.74) is 1.16. The van der Waals surface area contributed by atoms with Crippen LogP contribution in [0.5, 0.6) is 0 Å². The lowest BCUT2D eigenvalue weighted by Gasteiger charge is -2.34. The Kier molecular flexibility index (Phi) is 5.32. The van der Waals surface area contributed by atoms with Crippen molar-refractivity contribution >= 4 is 5.91 Å². The van der Waals surface area contributed by atoms with Crippen molar-refractivity contribution < 1.29 is 4.79 Å². The topological polar surface area (TPSA) is 79.0 Å². The number of hydrogen-bond acceptors (Lipinski definition) is 4. The Labute approximate surface area is 159 Å². The molecule has 1 aliphatic heterocycles. The van der Waals surface area contributed by atoms with Crippen LogP contribution in [0.4, 0.5) is 0 Å². The zero-order valence-corrected chi connectivity index (χ0v) is 15.6. The van der Waals surface area contributed by atoms with Gasteiger partial charge in [-0.3, -0.25) is 14.6 Å². The van der Waals surface area contributed by atoms with Gasteiger partial charge in [0.15, 0.2) is 0 Å². The Morgan fingerprint density at radius 1 is 1.04 bits per heavy atom. The second-order valence-corrected chi connectivity index (χ2v) is 7.67. The van der Waals surface area contributed by atoms with Crippen LogP contribution in [-0.2, 0) is 4.79 Å². The molecule has 1 N–H and O–H groups in total. The summed E-state index contributed by atoms with van der Waals surface area (Å²) in [7, 11) is 0. The maximum absolute atomic E-state index is 12.7. The highest BCUT2D eigenvalue weighted by Gasteiger charge is 2.30. The number of nitrogens with one attached hydrogen (secondary N) is 1. The Morgan fingerprint density at radius 3 is 2.52 bits per heavy atom. The average molecular weight is 366 g/mol. The number of carbonyl (C=O) groups excluding carboxylic acids is 1. The van der Waals surface area contributed by atoms with Crippen molar-refractivity contribution in [3.05, 3.63) is 46.6 Å². The van der Waals surface area contributed by atoms with Crippen molar-refractivity contribution in [3.8, 4) is 11.4 Å². The number of amides is 1. The number of piperidine rings is 1. The molecule has 0 aromatic carbocycles. The molecule has 4 rings (SSSR count). The number of aromatic nitrogens is 3. The van der Waals surface area contributed by atoms with Gasteiger partial charge < -0.3 is 9.88 Å². The van der Waals surface area contributed by atoms with Crippen LogP contribution in [0.2, 0.25) is 0 Å². The second-order valence-electron chi connectivity index (χ2n) is 7.67. The zero-order chi connectivity index (χ0) is 18.6. The normalized spacial score (nSPS) is 19.2. The molecule has 0 bridgehead atoms. The first kappa shape index (κ1) is 17.9. The minimum Gasteiger partial charge on any atom is -0.342 e. The van der Waals surface area contributed by atoms with Crippen LogP contribution in [0.15, 0.2) is 35.3 Å². The molecule has 1 aliphatic carbocycles. The summed E-state index contributed by atoms with van der Waals surface area (Å²) < 4.78 is 0. The SMILES string of the molecule is O=C(C1CCCCC1)N1CCC(c2nc(-c3ccccn3)cc(=O)[nH]2)CC1. The summed E-state index contributed by atoms with van der Waals surface area (Å²) in [6.07, 6.45) is 9.08. The van der Waals surface area contributed by atoms with E-state index < -0.39 is 0 Å². The van der Waals surface area contributed by atoms with Gasteiger partial charge in [-0.25, -0.2) is 4.98 Å². The van der Waals surface area contributed by atoms with Crippen molar-refractivity contribution in [1.82, 2.24) is 19.9 Å². The van der Waals surface area contributed by atoms with E-state index in [1.54, 1.807) is 6.20 Å². The van der Waals surface area contributed by atoms with Gasteiger partial charge in [0.2, 0.25) is 5.91 Å². The van der Waals surface area contributed by atoms with E-state index in [0.29, 0.717) is 23.1 Å². The summed E-state index contributed by atoms with van der Waals surface area (Å²) >= 11 is 0. The highest BCUT2D eigenvalue weighted by molar-refractivity contribution is 5.79. The molecule has 6 heteroatoms. The molecule has 0 atom stereocenters. The number of rotatable bonds is 3. The molecule has 6 nitrogen and oxygen atoms in total. The Bertz CT molecular complexity index is 835. The minimum absolute atomic E-state index is 0.152. The molecule has 2 fully saturated rings. The third kappa shape index (κ3) is 4.10. The molecule has 0 spiro atoms. The predicted molar refractivity (Wildman–Crippen MR) is 103 cm³/mol. The number of likely N-dealkylation sites (tertiary alicyclic amines) is 1. The standard InChI is InChI=1S/C21H26N4O2/c26-19-14-18(17-8-4-5-11-22-17)23-20(24-19)15-9-12-25(13-10-15)21(27)16-6-2-1-3-7-16/h4-5,8,11,14-16H,1-3,6-7,9-10,12-13H2,(H,23,24,26). The fourth-order valence-electron chi connectivity index (χ4n) is 4.30. The number of carbonyl (C=O) groups is 1. The second kappa shape index (κ2) is 8.03. The highest BCUT2D eigenvalue weighted by atomic mass is 16.2. The molecule has 1 amide bonds. The molecule has 0 radical (unpaired) electrons. The van der Waals surface area contributed by atoms with Gasteiger partial charge in [0.05, 0.1) is 11.4 Å². The minimum atomic E-state index is -0.152. The number of hydrogen-bond donors (Lipinski definition) is 1. The Balaban J connectivity index is 1.44. The summed E-state index contributed by atoms with van der Waals surface area (Å²) in [4.78, 5) is 38.7. The first-order valence-corrected chi connectivity index (χ1v) is 10.0. The summed E-state index contributed by atoms with van der Waals surface area (Å²) in [5.74, 6) is 1.45. The number of aromatic amines is 1. The van der Waals surface area contributed by atoms with Gasteiger partial charge in [-0.05, 0) is 37.8 Å². The highest BCUT2D eigenvalue weighted by Crippen LogP contribution is 2.30. The van der Waals surface area contributed by atoms with Crippen LogP contribution in [0.3, 0.4) is 0 Å². The lowest BCUT2D eigenvalue weighted by molar-refractivity contribution is -0.137. The maximum Gasteiger partial charge on any atom is 0.251 e. The Morgan fingerprint density at radius 2 is 1.81 bits per heavy atom. The van der Waals surface area contributed by atoms with Crippen LogP contribution in [0.25, 0.3) is 11.4 Å². The van der Waals surface area contributed by atoms with Crippen molar-refractivity contribution in [2.75, 3.05) is 13.1 Å². The molecule has 3 heterocycles. The van der Waals surface area contributed by atoms with E-state index in [0.717, 1.165) is 38.8 Å². The van der Waals surface area contributed by atoms with Gasteiger partial charge in [-0.1, -0.05) is 25.3 Å². The largest absolute Gasteiger partial charge is 0.342 e. The molecular formula is C21H26N4O2. The molecule has 2 aromatic rings. The van der Waals surface area contributed by atoms with Crippen molar-refractivity contribution in [2.45, 2.75) is 50.9 Å². The fourth-order valence-corrected chi connectivity index (χ4v) is 4.30. The molecule has 27 heavy (non-hydrogen) atoms. The van der Waals surface area contributed by atoms with E-state index in [1.807, 2.05) is 23.1 Å². The zero-order valence-electron chi connectivity index (χ0n) is 15.6. The number of nitrogens with zero attached hydrogens (tertiary/aromatic N) is 3. The third-order valence-electron chi connectivity index (χ3n) is 5.84. The molecule has 1 saturated heterocycles. The van der Waals surface area contributed by atoms with Crippen LogP contribution in [0, 0.1) is 5.92 Å². The van der Waals surface area contributed by atoms with E-state index in [2.05, 4.69) is 15.0 Å². The van der Waals surface area contributed by atoms with Gasteiger partial charge in [0, 0.05) is 37.2 Å². The van der Waals surface area contributed by atoms with E-state index >= 15 is 0 Å². The van der Waals surface area contributed by atoms with Crippen molar-refractivity contribution in [1.29, 1.82) is 0 Å². The molecular weight excluding hydrogens is 340 g/mol. The average Bonchev–Trinajstić information content (AvgIpc) is 2.74. The van der Waals surface area contributed by atoms with Crippen molar-refractivity contribution in [2.24, 2.45) is 5.92 Å². The Hall–Kier alpha value is -2.50. The molecule has 1 saturated carbocycles.